The number of aromatic nitrogens is 3. The Morgan fingerprint density at radius 1 is 1.59 bits per heavy atom. The first-order valence-electron chi connectivity index (χ1n) is 5.38. The molecule has 0 atom stereocenters. The number of carboxylic acid groups (broad SMARTS) is 1. The van der Waals surface area contributed by atoms with Crippen LogP contribution >= 0.6 is 0 Å². The molecule has 0 unspecified atom stereocenters. The van der Waals surface area contributed by atoms with Gasteiger partial charge in [-0.3, -0.25) is 4.68 Å². The lowest BCUT2D eigenvalue weighted by molar-refractivity contribution is 0.0661. The molecule has 0 radical (unpaired) electrons. The van der Waals surface area contributed by atoms with Gasteiger partial charge in [-0.2, -0.15) is 5.10 Å². The Labute approximate surface area is 96.9 Å². The zero-order valence-electron chi connectivity index (χ0n) is 9.25. The molecule has 2 heterocycles. The van der Waals surface area contributed by atoms with E-state index in [1.165, 1.54) is 0 Å². The number of aryl methyl sites for hydroxylation is 1. The Hall–Kier alpha value is -2.11. The summed E-state index contributed by atoms with van der Waals surface area (Å²) >= 11 is 0. The second-order valence-corrected chi connectivity index (χ2v) is 4.22. The van der Waals surface area contributed by atoms with Crippen LogP contribution in [0.3, 0.4) is 0 Å². The summed E-state index contributed by atoms with van der Waals surface area (Å²) < 4.78 is 6.93. The SMILES string of the molecule is Cn1cc(-c2nc(C3CC3)c(C(=O)O)o2)cn1. The lowest BCUT2D eigenvalue weighted by Crippen LogP contribution is -1.98. The van der Waals surface area contributed by atoms with Crippen LogP contribution in [0.1, 0.15) is 35.0 Å². The van der Waals surface area contributed by atoms with E-state index < -0.39 is 5.97 Å². The molecule has 3 rings (SSSR count). The number of nitrogens with zero attached hydrogens (tertiary/aromatic N) is 3. The van der Waals surface area contributed by atoms with Gasteiger partial charge in [0.2, 0.25) is 11.7 Å². The molecule has 1 aliphatic rings. The molecule has 0 amide bonds. The Kier molecular flexibility index (Phi) is 2.04. The summed E-state index contributed by atoms with van der Waals surface area (Å²) in [6.45, 7) is 0. The first-order valence-corrected chi connectivity index (χ1v) is 5.38. The monoisotopic (exact) mass is 233 g/mol. The van der Waals surface area contributed by atoms with Crippen molar-refractivity contribution in [2.45, 2.75) is 18.8 Å². The van der Waals surface area contributed by atoms with Gasteiger partial charge < -0.3 is 9.52 Å². The molecule has 1 saturated carbocycles. The van der Waals surface area contributed by atoms with E-state index in [-0.39, 0.29) is 11.7 Å². The van der Waals surface area contributed by atoms with Crippen molar-refractivity contribution < 1.29 is 14.3 Å². The third-order valence-electron chi connectivity index (χ3n) is 2.76. The zero-order valence-corrected chi connectivity index (χ0v) is 9.25. The minimum absolute atomic E-state index is 0.0358. The highest BCUT2D eigenvalue weighted by Crippen LogP contribution is 2.42. The molecule has 6 nitrogen and oxygen atoms in total. The van der Waals surface area contributed by atoms with Gasteiger partial charge in [0.15, 0.2) is 0 Å². The van der Waals surface area contributed by atoms with E-state index in [9.17, 15) is 4.79 Å². The van der Waals surface area contributed by atoms with Gasteiger partial charge in [0.05, 0.1) is 17.5 Å². The fourth-order valence-electron chi connectivity index (χ4n) is 1.77. The van der Waals surface area contributed by atoms with Crippen LogP contribution in [-0.2, 0) is 7.05 Å². The van der Waals surface area contributed by atoms with Gasteiger partial charge in [0.1, 0.15) is 0 Å². The summed E-state index contributed by atoms with van der Waals surface area (Å²) in [6, 6.07) is 0. The average molecular weight is 233 g/mol. The van der Waals surface area contributed by atoms with Gasteiger partial charge in [-0.1, -0.05) is 0 Å². The highest BCUT2D eigenvalue weighted by molar-refractivity contribution is 5.86. The van der Waals surface area contributed by atoms with Crippen LogP contribution in [0.5, 0.6) is 0 Å². The highest BCUT2D eigenvalue weighted by Gasteiger charge is 2.33. The fraction of sp³-hybridized carbons (Fsp3) is 0.364. The number of hydrogen-bond donors (Lipinski definition) is 1. The van der Waals surface area contributed by atoms with Crippen molar-refractivity contribution in [2.75, 3.05) is 0 Å². The summed E-state index contributed by atoms with van der Waals surface area (Å²) in [7, 11) is 1.78. The van der Waals surface area contributed by atoms with E-state index >= 15 is 0 Å². The molecule has 17 heavy (non-hydrogen) atoms. The standard InChI is InChI=1S/C11H11N3O3/c1-14-5-7(4-12-14)10-13-8(6-2-3-6)9(17-10)11(15)16/h4-6H,2-3H2,1H3,(H,15,16). The zero-order chi connectivity index (χ0) is 12.0. The molecule has 0 spiro atoms. The molecule has 6 heteroatoms. The lowest BCUT2D eigenvalue weighted by Gasteiger charge is -1.89. The van der Waals surface area contributed by atoms with E-state index in [1.54, 1.807) is 24.1 Å². The molecule has 1 N–H and O–H groups in total. The lowest BCUT2D eigenvalue weighted by atomic mass is 10.2. The topological polar surface area (TPSA) is 81.2 Å². The predicted molar refractivity (Wildman–Crippen MR) is 57.6 cm³/mol. The van der Waals surface area contributed by atoms with Crippen molar-refractivity contribution in [3.63, 3.8) is 0 Å². The maximum absolute atomic E-state index is 11.0. The molecule has 0 aromatic carbocycles. The summed E-state index contributed by atoms with van der Waals surface area (Å²) in [5.41, 5.74) is 1.26. The van der Waals surface area contributed by atoms with Crippen molar-refractivity contribution in [1.29, 1.82) is 0 Å². The van der Waals surface area contributed by atoms with Crippen LogP contribution in [0, 0.1) is 0 Å². The van der Waals surface area contributed by atoms with Gasteiger partial charge >= 0.3 is 5.97 Å². The molecule has 2 aromatic rings. The maximum atomic E-state index is 11.0. The molecular formula is C11H11N3O3. The average Bonchev–Trinajstić information content (AvgIpc) is 2.87. The quantitative estimate of drug-likeness (QED) is 0.871. The summed E-state index contributed by atoms with van der Waals surface area (Å²) in [4.78, 5) is 15.3. The smallest absolute Gasteiger partial charge is 0.373 e. The highest BCUT2D eigenvalue weighted by atomic mass is 16.4. The van der Waals surface area contributed by atoms with Crippen LogP contribution in [0.2, 0.25) is 0 Å². The van der Waals surface area contributed by atoms with Gasteiger partial charge in [0.25, 0.3) is 0 Å². The Balaban J connectivity index is 2.06. The molecule has 0 saturated heterocycles. The minimum atomic E-state index is -1.06. The van der Waals surface area contributed by atoms with Crippen molar-refractivity contribution in [1.82, 2.24) is 14.8 Å². The second kappa shape index (κ2) is 3.44. The number of oxazole rings is 1. The van der Waals surface area contributed by atoms with E-state index in [1.807, 2.05) is 0 Å². The molecule has 2 aromatic heterocycles. The molecule has 88 valence electrons. The Morgan fingerprint density at radius 3 is 2.88 bits per heavy atom. The van der Waals surface area contributed by atoms with Crippen molar-refractivity contribution in [3.05, 3.63) is 23.8 Å². The maximum Gasteiger partial charge on any atom is 0.373 e. The Morgan fingerprint density at radius 2 is 2.35 bits per heavy atom. The fourth-order valence-corrected chi connectivity index (χ4v) is 1.77. The molecule has 0 bridgehead atoms. The first kappa shape index (κ1) is 10.1. The van der Waals surface area contributed by atoms with Crippen LogP contribution in [-0.4, -0.2) is 25.8 Å². The molecule has 1 aliphatic carbocycles. The van der Waals surface area contributed by atoms with E-state index in [0.717, 1.165) is 12.8 Å². The molecule has 0 aliphatic heterocycles. The van der Waals surface area contributed by atoms with Crippen molar-refractivity contribution in [2.24, 2.45) is 7.05 Å². The number of carboxylic acids is 1. The minimum Gasteiger partial charge on any atom is -0.475 e. The number of rotatable bonds is 3. The van der Waals surface area contributed by atoms with Crippen LogP contribution < -0.4 is 0 Å². The third-order valence-corrected chi connectivity index (χ3v) is 2.76. The van der Waals surface area contributed by atoms with E-state index in [0.29, 0.717) is 17.1 Å². The number of carbonyl (C=O) groups is 1. The van der Waals surface area contributed by atoms with Crippen LogP contribution in [0.25, 0.3) is 11.5 Å². The second-order valence-electron chi connectivity index (χ2n) is 4.22. The van der Waals surface area contributed by atoms with E-state index in [4.69, 9.17) is 9.52 Å². The van der Waals surface area contributed by atoms with Gasteiger partial charge in [-0.05, 0) is 12.8 Å². The van der Waals surface area contributed by atoms with Gasteiger partial charge in [-0.25, -0.2) is 9.78 Å². The molecule has 1 fully saturated rings. The first-order chi connectivity index (χ1) is 8.15. The summed E-state index contributed by atoms with van der Waals surface area (Å²) in [5.74, 6) is -0.520. The van der Waals surface area contributed by atoms with Crippen LogP contribution in [0.4, 0.5) is 0 Å². The number of hydrogen-bond acceptors (Lipinski definition) is 4. The number of aromatic carboxylic acids is 1. The van der Waals surface area contributed by atoms with Gasteiger partial charge in [-0.15, -0.1) is 0 Å². The largest absolute Gasteiger partial charge is 0.475 e. The third kappa shape index (κ3) is 1.71. The molecular weight excluding hydrogens is 222 g/mol. The van der Waals surface area contributed by atoms with Crippen molar-refractivity contribution >= 4 is 5.97 Å². The van der Waals surface area contributed by atoms with Gasteiger partial charge in [0, 0.05) is 19.2 Å². The van der Waals surface area contributed by atoms with Crippen molar-refractivity contribution in [3.8, 4) is 11.5 Å². The predicted octanol–water partition coefficient (Wildman–Crippen LogP) is 1.65. The Bertz CT molecular complexity index is 581. The normalized spacial score (nSPS) is 15.1. The van der Waals surface area contributed by atoms with E-state index in [2.05, 4.69) is 10.1 Å². The summed E-state index contributed by atoms with van der Waals surface area (Å²) in [5, 5.41) is 13.1. The summed E-state index contributed by atoms with van der Waals surface area (Å²) in [6.07, 6.45) is 5.32. The van der Waals surface area contributed by atoms with Crippen LogP contribution in [0.15, 0.2) is 16.8 Å².